The van der Waals surface area contributed by atoms with E-state index in [0.29, 0.717) is 65.0 Å². The Labute approximate surface area is 836 Å². The van der Waals surface area contributed by atoms with Gasteiger partial charge in [-0.05, 0) is 137 Å². The maximum absolute atomic E-state index is 15.3. The minimum atomic E-state index is -0.835. The maximum Gasteiger partial charge on any atom is 0.339 e. The number of hydrogen-bond acceptors (Lipinski definition) is 20. The highest BCUT2D eigenvalue weighted by molar-refractivity contribution is 6.02. The minimum Gasteiger partial charge on any atom is -0.462 e. The lowest BCUT2D eigenvalue weighted by Crippen LogP contribution is -2.17. The summed E-state index contributed by atoms with van der Waals surface area (Å²) < 4.78 is 59.2. The number of hydrogen-bond donors (Lipinski definition) is 4. The first-order valence-corrected chi connectivity index (χ1v) is 52.7. The molecule has 0 saturated carbocycles. The van der Waals surface area contributed by atoms with Gasteiger partial charge in [-0.25, -0.2) is 28.8 Å². The van der Waals surface area contributed by atoms with Crippen molar-refractivity contribution in [2.24, 2.45) is 0 Å². The van der Waals surface area contributed by atoms with Crippen LogP contribution in [0.15, 0.2) is 72.8 Å². The SMILES string of the molecule is CCCCCCOCCC(=O)Nc1cc(C#Cc2cc(C(=O)OCCCCCC)c(C#Cc3cc(NC(=O)CCOCCCCCC)c(C#Cc4cc(C(=O)OCCCCCC)ccc4C(=O)OCCCCCC)cc3NC(=O)CCOCCCCCC)cc2C(=O)OCCCCCC)c(NC(=O)CCOCCCCCC)cc1C#Cc1cc(C(=O)OCCCCCC)ccc1C(=O)OCCCCCC. The van der Waals surface area contributed by atoms with E-state index in [4.69, 9.17) is 47.4 Å². The normalized spacial score (nSPS) is 10.8. The van der Waals surface area contributed by atoms with Gasteiger partial charge < -0.3 is 68.6 Å². The van der Waals surface area contributed by atoms with E-state index in [1.165, 1.54) is 72.8 Å². The summed E-state index contributed by atoms with van der Waals surface area (Å²) in [5.74, 6) is 19.3. The molecule has 0 fully saturated rings. The number of ether oxygens (including phenoxy) is 10. The first kappa shape index (κ1) is 119. The summed E-state index contributed by atoms with van der Waals surface area (Å²) >= 11 is 0. The number of nitrogens with one attached hydrogen (secondary N) is 4. The van der Waals surface area contributed by atoms with Crippen molar-refractivity contribution in [3.63, 3.8) is 0 Å². The standard InChI is InChI=1S/C116H162N4O20/c1-11-21-31-41-67-131-77-63-107(121)117-103-87-95(105(119-109(123)65-79-133-69-43-33-23-13-3)85-93(103)55-51-89-81-97(111(125)135-71-45-35-25-15-5)59-61-99(89)113(127)137-73-47-37-27-17-7)57-53-91-83-102(116(130)140-76-50-40-30-20-10)92(84-101(91)115(129)139-75-49-39-29-19-9)54-58-96-88-104(118-108(122)64-78-132-68-42-32-22-12-2)94(86-106(96)120-110(124)66-80-134-70-44-34-24-14-4)56-52-90-82-98(112(126)136-72-46-36-26-16-6)60-62-100(90)114(128)138-74-48-38-28-18-8/h59-62,81-88H,11-50,63-80H2,1-10H3,(H,117,121)(H,118,122)(H,119,123)(H,120,124). The zero-order chi connectivity index (χ0) is 101. The lowest BCUT2D eigenvalue weighted by molar-refractivity contribution is -0.118. The van der Waals surface area contributed by atoms with Crippen LogP contribution in [-0.2, 0) is 66.5 Å². The van der Waals surface area contributed by atoms with Gasteiger partial charge in [0.25, 0.3) is 0 Å². The Bertz CT molecular complexity index is 4570. The van der Waals surface area contributed by atoms with Gasteiger partial charge in [-0.3, -0.25) is 19.2 Å². The number of carbonyl (C=O) groups is 10. The van der Waals surface area contributed by atoms with Crippen LogP contribution in [0.25, 0.3) is 0 Å². The molecule has 0 aliphatic rings. The van der Waals surface area contributed by atoms with Crippen LogP contribution in [0.5, 0.6) is 0 Å². The smallest absolute Gasteiger partial charge is 0.339 e. The second-order valence-corrected chi connectivity index (χ2v) is 35.4. The molecule has 5 aromatic rings. The summed E-state index contributed by atoms with van der Waals surface area (Å²) in [6, 6.07) is 17.8. The molecule has 4 amide bonds. The highest BCUT2D eigenvalue weighted by atomic mass is 16.6. The number of esters is 6. The molecule has 0 saturated heterocycles. The van der Waals surface area contributed by atoms with Gasteiger partial charge >= 0.3 is 35.8 Å². The van der Waals surface area contributed by atoms with Crippen molar-refractivity contribution in [2.75, 3.05) is 114 Å². The van der Waals surface area contributed by atoms with Crippen molar-refractivity contribution in [2.45, 2.75) is 352 Å². The van der Waals surface area contributed by atoms with Crippen LogP contribution in [0.2, 0.25) is 0 Å². The first-order valence-electron chi connectivity index (χ1n) is 52.7. The minimum absolute atomic E-state index is 0.00104. The van der Waals surface area contributed by atoms with Crippen molar-refractivity contribution in [1.82, 2.24) is 0 Å². The molecule has 5 aromatic carbocycles. The zero-order valence-corrected chi connectivity index (χ0v) is 86.1. The van der Waals surface area contributed by atoms with Crippen LogP contribution in [-0.4, -0.2) is 152 Å². The summed E-state index contributed by atoms with van der Waals surface area (Å²) in [6.45, 7) is 23.7. The molecule has 0 heterocycles. The van der Waals surface area contributed by atoms with Crippen molar-refractivity contribution >= 4 is 82.2 Å². The first-order chi connectivity index (χ1) is 68.3. The van der Waals surface area contributed by atoms with Gasteiger partial charge in [0.15, 0.2) is 0 Å². The Hall–Kier alpha value is -11.1. The van der Waals surface area contributed by atoms with Gasteiger partial charge in [-0.1, -0.05) is 309 Å². The molecule has 24 heteroatoms. The van der Waals surface area contributed by atoms with Crippen LogP contribution in [0.4, 0.5) is 22.7 Å². The number of unbranched alkanes of at least 4 members (excludes halogenated alkanes) is 30. The van der Waals surface area contributed by atoms with Crippen LogP contribution in [0, 0.1) is 47.4 Å². The second-order valence-electron chi connectivity index (χ2n) is 35.4. The van der Waals surface area contributed by atoms with Gasteiger partial charge in [-0.15, -0.1) is 0 Å². The summed E-state index contributed by atoms with van der Waals surface area (Å²) in [4.78, 5) is 144. The molecule has 0 atom stereocenters. The van der Waals surface area contributed by atoms with E-state index in [0.717, 1.165) is 218 Å². The van der Waals surface area contributed by atoms with Gasteiger partial charge in [0, 0.05) is 48.7 Å². The Balaban J connectivity index is 1.97. The van der Waals surface area contributed by atoms with Crippen molar-refractivity contribution in [1.29, 1.82) is 0 Å². The van der Waals surface area contributed by atoms with Gasteiger partial charge in [-0.2, -0.15) is 0 Å². The lowest BCUT2D eigenvalue weighted by Gasteiger charge is -2.15. The molecule has 0 aromatic heterocycles. The molecule has 0 bridgehead atoms. The number of amides is 4. The average Bonchev–Trinajstić information content (AvgIpc) is 0.826. The molecule has 24 nitrogen and oxygen atoms in total. The van der Waals surface area contributed by atoms with E-state index < -0.39 is 59.4 Å². The third-order valence-corrected chi connectivity index (χ3v) is 23.1. The molecule has 4 N–H and O–H groups in total. The molecule has 0 spiro atoms. The third-order valence-electron chi connectivity index (χ3n) is 23.1. The molecule has 0 radical (unpaired) electrons. The largest absolute Gasteiger partial charge is 0.462 e. The summed E-state index contributed by atoms with van der Waals surface area (Å²) in [5.41, 5.74) is 1.18. The Morgan fingerprint density at radius 1 is 0.193 bits per heavy atom. The fraction of sp³-hybridized carbons (Fsp3) is 0.586. The summed E-state index contributed by atoms with van der Waals surface area (Å²) in [5, 5.41) is 12.1. The zero-order valence-electron chi connectivity index (χ0n) is 86.1. The molecule has 5 rings (SSSR count). The molecule has 0 aliphatic heterocycles. The van der Waals surface area contributed by atoms with E-state index in [1.54, 1.807) is 0 Å². The Kier molecular flexibility index (Phi) is 64.6. The predicted molar refractivity (Wildman–Crippen MR) is 556 cm³/mol. The van der Waals surface area contributed by atoms with E-state index in [9.17, 15) is 38.4 Å². The van der Waals surface area contributed by atoms with E-state index >= 15 is 9.59 Å². The number of benzene rings is 5. The van der Waals surface area contributed by atoms with Crippen molar-refractivity contribution in [3.05, 3.63) is 151 Å². The van der Waals surface area contributed by atoms with E-state index in [1.807, 2.05) is 0 Å². The van der Waals surface area contributed by atoms with Crippen molar-refractivity contribution in [3.8, 4) is 47.4 Å². The fourth-order valence-electron chi connectivity index (χ4n) is 14.7. The topological polar surface area (TPSA) is 311 Å². The number of rotatable bonds is 72. The van der Waals surface area contributed by atoms with E-state index in [2.05, 4.69) is 138 Å². The lowest BCUT2D eigenvalue weighted by atomic mass is 9.97. The molecular weight excluding hydrogens is 1770 g/mol. The summed E-state index contributed by atoms with van der Waals surface area (Å²) in [6.07, 6.45) is 34.9. The maximum atomic E-state index is 15.3. The molecule has 0 aliphatic carbocycles. The van der Waals surface area contributed by atoms with Crippen LogP contribution >= 0.6 is 0 Å². The van der Waals surface area contributed by atoms with Crippen LogP contribution in [0.3, 0.4) is 0 Å². The second kappa shape index (κ2) is 75.7. The van der Waals surface area contributed by atoms with Gasteiger partial charge in [0.2, 0.25) is 23.6 Å². The fourth-order valence-corrected chi connectivity index (χ4v) is 14.7. The highest BCUT2D eigenvalue weighted by Gasteiger charge is 2.25. The molecule has 766 valence electrons. The van der Waals surface area contributed by atoms with Crippen LogP contribution in [0.1, 0.15) is 458 Å². The monoisotopic (exact) mass is 1930 g/mol. The summed E-state index contributed by atoms with van der Waals surface area (Å²) in [7, 11) is 0. The Morgan fingerprint density at radius 3 is 0.593 bits per heavy atom. The van der Waals surface area contributed by atoms with Crippen LogP contribution < -0.4 is 21.3 Å². The molecular formula is C116H162N4O20. The van der Waals surface area contributed by atoms with Crippen molar-refractivity contribution < 1.29 is 95.3 Å². The average molecular weight is 1930 g/mol. The number of carbonyl (C=O) groups excluding carboxylic acids is 10. The highest BCUT2D eigenvalue weighted by Crippen LogP contribution is 2.31. The molecule has 0 unspecified atom stereocenters. The quantitative estimate of drug-likeness (QED) is 0.0122. The molecule has 140 heavy (non-hydrogen) atoms. The van der Waals surface area contributed by atoms with Gasteiger partial charge in [0.1, 0.15) is 0 Å². The number of anilines is 4. The predicted octanol–water partition coefficient (Wildman–Crippen LogP) is 25.4. The van der Waals surface area contributed by atoms with E-state index in [-0.39, 0.29) is 192 Å². The van der Waals surface area contributed by atoms with Gasteiger partial charge in [0.05, 0.1) is 170 Å². The third kappa shape index (κ3) is 49.8. The Morgan fingerprint density at radius 2 is 0.379 bits per heavy atom.